The maximum atomic E-state index is 14.0. The monoisotopic (exact) mass is 425 g/mol. The minimum Gasteiger partial charge on any atom is -0.338 e. The Morgan fingerprint density at radius 1 is 1.10 bits per heavy atom. The molecule has 2 aromatic carbocycles. The number of halogens is 1. The molecule has 30 heavy (non-hydrogen) atoms. The highest BCUT2D eigenvalue weighted by Crippen LogP contribution is 2.44. The fraction of sp³-hybridized carbons (Fsp3) is 0.250. The molecular weight excluding hydrogens is 401 g/mol. The topological polar surface area (TPSA) is 46.6 Å². The van der Waals surface area contributed by atoms with Crippen LogP contribution in [0.1, 0.15) is 43.9 Å². The Balaban J connectivity index is 1.96. The molecule has 3 rings (SSSR count). The Morgan fingerprint density at radius 3 is 2.40 bits per heavy atom. The molecule has 0 aromatic heterocycles. The summed E-state index contributed by atoms with van der Waals surface area (Å²) in [6.45, 7) is 4.80. The van der Waals surface area contributed by atoms with Crippen molar-refractivity contribution in [2.75, 3.05) is 12.8 Å². The van der Waals surface area contributed by atoms with E-state index in [0.29, 0.717) is 6.42 Å². The third-order valence-corrected chi connectivity index (χ3v) is 5.78. The highest BCUT2D eigenvalue weighted by molar-refractivity contribution is 7.98. The van der Waals surface area contributed by atoms with Gasteiger partial charge in [-0.2, -0.15) is 5.06 Å². The van der Waals surface area contributed by atoms with E-state index in [9.17, 15) is 14.0 Å². The highest BCUT2D eigenvalue weighted by atomic mass is 32.2. The summed E-state index contributed by atoms with van der Waals surface area (Å²) in [5.74, 6) is -1.22. The molecule has 0 heterocycles. The summed E-state index contributed by atoms with van der Waals surface area (Å²) < 4.78 is 14.0. The van der Waals surface area contributed by atoms with Crippen LogP contribution in [-0.2, 0) is 14.4 Å². The second-order valence-electron chi connectivity index (χ2n) is 7.08. The van der Waals surface area contributed by atoms with Gasteiger partial charge in [0, 0.05) is 18.7 Å². The SMILES string of the molecule is CSc1ccc(/C=C2\C(C)=C(CCN(OC(C)=O)C(C)=O)c3cc(F)ccc32)cc1. The van der Waals surface area contributed by atoms with E-state index in [1.807, 2.05) is 13.2 Å². The second-order valence-corrected chi connectivity index (χ2v) is 7.96. The van der Waals surface area contributed by atoms with Gasteiger partial charge in [0.2, 0.25) is 0 Å². The molecule has 0 unspecified atom stereocenters. The summed E-state index contributed by atoms with van der Waals surface area (Å²) in [6, 6.07) is 13.0. The summed E-state index contributed by atoms with van der Waals surface area (Å²) in [5, 5.41) is 1.05. The average Bonchev–Trinajstić information content (AvgIpc) is 2.96. The van der Waals surface area contributed by atoms with Crippen molar-refractivity contribution in [1.82, 2.24) is 5.06 Å². The van der Waals surface area contributed by atoms with Crippen LogP contribution in [-0.4, -0.2) is 29.7 Å². The number of benzene rings is 2. The van der Waals surface area contributed by atoms with Crippen molar-refractivity contribution in [3.05, 3.63) is 70.5 Å². The first-order valence-corrected chi connectivity index (χ1v) is 10.9. The summed E-state index contributed by atoms with van der Waals surface area (Å²) in [6.07, 6.45) is 4.57. The molecule has 0 saturated heterocycles. The summed E-state index contributed by atoms with van der Waals surface area (Å²) >= 11 is 1.69. The lowest BCUT2D eigenvalue weighted by Crippen LogP contribution is -2.31. The van der Waals surface area contributed by atoms with Crippen LogP contribution in [0.4, 0.5) is 4.39 Å². The van der Waals surface area contributed by atoms with Crippen molar-refractivity contribution >= 4 is 40.9 Å². The lowest BCUT2D eigenvalue weighted by Gasteiger charge is -2.19. The van der Waals surface area contributed by atoms with Crippen LogP contribution >= 0.6 is 11.8 Å². The molecule has 0 radical (unpaired) electrons. The smallest absolute Gasteiger partial charge is 0.329 e. The summed E-state index contributed by atoms with van der Waals surface area (Å²) in [4.78, 5) is 29.2. The normalized spacial score (nSPS) is 14.1. The van der Waals surface area contributed by atoms with Crippen LogP contribution in [0.25, 0.3) is 17.2 Å². The molecule has 0 bridgehead atoms. The Hall–Kier alpha value is -2.86. The van der Waals surface area contributed by atoms with E-state index in [1.165, 1.54) is 30.9 Å². The van der Waals surface area contributed by atoms with Crippen LogP contribution in [0.5, 0.6) is 0 Å². The number of amides is 1. The second kappa shape index (κ2) is 9.30. The molecule has 0 aliphatic heterocycles. The van der Waals surface area contributed by atoms with Gasteiger partial charge in [0.25, 0.3) is 5.91 Å². The molecule has 4 nitrogen and oxygen atoms in total. The van der Waals surface area contributed by atoms with Crippen LogP contribution in [0.3, 0.4) is 0 Å². The number of rotatable bonds is 5. The van der Waals surface area contributed by atoms with E-state index < -0.39 is 5.97 Å². The van der Waals surface area contributed by atoms with Crippen molar-refractivity contribution in [1.29, 1.82) is 0 Å². The van der Waals surface area contributed by atoms with Crippen LogP contribution in [0.2, 0.25) is 0 Å². The van der Waals surface area contributed by atoms with E-state index in [2.05, 4.69) is 30.3 Å². The summed E-state index contributed by atoms with van der Waals surface area (Å²) in [7, 11) is 0. The van der Waals surface area contributed by atoms with E-state index in [1.54, 1.807) is 17.8 Å². The maximum absolute atomic E-state index is 14.0. The average molecular weight is 426 g/mol. The molecular formula is C24H24FNO3S. The number of nitrogens with zero attached hydrogens (tertiary/aromatic N) is 1. The van der Waals surface area contributed by atoms with Gasteiger partial charge in [-0.05, 0) is 83.4 Å². The molecule has 0 spiro atoms. The maximum Gasteiger partial charge on any atom is 0.329 e. The quantitative estimate of drug-likeness (QED) is 0.463. The molecule has 0 fully saturated rings. The molecule has 0 N–H and O–H groups in total. The van der Waals surface area contributed by atoms with Crippen molar-refractivity contribution in [2.24, 2.45) is 0 Å². The number of hydroxylamine groups is 2. The van der Waals surface area contributed by atoms with E-state index in [-0.39, 0.29) is 18.3 Å². The fourth-order valence-electron chi connectivity index (χ4n) is 3.58. The van der Waals surface area contributed by atoms with E-state index in [4.69, 9.17) is 4.84 Å². The zero-order valence-corrected chi connectivity index (χ0v) is 18.3. The Bertz CT molecular complexity index is 1040. The van der Waals surface area contributed by atoms with Crippen molar-refractivity contribution in [2.45, 2.75) is 32.1 Å². The first-order valence-electron chi connectivity index (χ1n) is 9.63. The van der Waals surface area contributed by atoms with Gasteiger partial charge >= 0.3 is 5.97 Å². The molecule has 6 heteroatoms. The Morgan fingerprint density at radius 2 is 1.80 bits per heavy atom. The molecule has 1 amide bonds. The van der Waals surface area contributed by atoms with Gasteiger partial charge in [-0.3, -0.25) is 9.59 Å². The van der Waals surface area contributed by atoms with E-state index >= 15 is 0 Å². The fourth-order valence-corrected chi connectivity index (χ4v) is 3.99. The van der Waals surface area contributed by atoms with E-state index in [0.717, 1.165) is 38.5 Å². The number of fused-ring (bicyclic) bond motifs is 1. The number of allylic oxidation sites excluding steroid dienone is 2. The number of thioether (sulfide) groups is 1. The number of hydrogen-bond acceptors (Lipinski definition) is 4. The molecule has 1 aliphatic rings. The van der Waals surface area contributed by atoms with Crippen molar-refractivity contribution < 1.29 is 18.8 Å². The standard InChI is InChI=1S/C24H24FNO3S/c1-15-21(11-12-26(16(2)27)29-17(3)28)24-14-19(25)7-10-22(24)23(15)13-18-5-8-20(30-4)9-6-18/h5-10,13-14H,11-12H2,1-4H3/b23-13+. The third-order valence-electron chi connectivity index (χ3n) is 5.04. The zero-order valence-electron chi connectivity index (χ0n) is 17.5. The largest absolute Gasteiger partial charge is 0.338 e. The predicted molar refractivity (Wildman–Crippen MR) is 119 cm³/mol. The van der Waals surface area contributed by atoms with Gasteiger partial charge in [0.05, 0.1) is 6.54 Å². The highest BCUT2D eigenvalue weighted by Gasteiger charge is 2.25. The number of carbonyl (C=O) groups excluding carboxylic acids is 2. The van der Waals surface area contributed by atoms with Gasteiger partial charge in [0.1, 0.15) is 5.82 Å². The first-order chi connectivity index (χ1) is 14.3. The minimum atomic E-state index is -0.553. The van der Waals surface area contributed by atoms with Gasteiger partial charge in [-0.15, -0.1) is 11.8 Å². The summed E-state index contributed by atoms with van der Waals surface area (Å²) in [5.41, 5.74) is 5.82. The minimum absolute atomic E-state index is 0.202. The number of carbonyl (C=O) groups is 2. The lowest BCUT2D eigenvalue weighted by atomic mass is 10.0. The predicted octanol–water partition coefficient (Wildman–Crippen LogP) is 5.59. The van der Waals surface area contributed by atoms with Crippen molar-refractivity contribution in [3.63, 3.8) is 0 Å². The van der Waals surface area contributed by atoms with Gasteiger partial charge in [0.15, 0.2) is 0 Å². The molecule has 0 saturated carbocycles. The lowest BCUT2D eigenvalue weighted by molar-refractivity contribution is -0.194. The third kappa shape index (κ3) is 4.82. The van der Waals surface area contributed by atoms with Gasteiger partial charge < -0.3 is 4.84 Å². The molecule has 2 aromatic rings. The number of hydrogen-bond donors (Lipinski definition) is 0. The Kier molecular flexibility index (Phi) is 6.77. The van der Waals surface area contributed by atoms with Gasteiger partial charge in [-0.1, -0.05) is 18.2 Å². The molecule has 156 valence electrons. The Labute approximate surface area is 180 Å². The first kappa shape index (κ1) is 21.8. The van der Waals surface area contributed by atoms with Crippen LogP contribution < -0.4 is 0 Å². The zero-order chi connectivity index (χ0) is 21.8. The molecule has 0 atom stereocenters. The van der Waals surface area contributed by atoms with Crippen LogP contribution in [0.15, 0.2) is 52.9 Å². The van der Waals surface area contributed by atoms with Crippen molar-refractivity contribution in [3.8, 4) is 0 Å². The molecule has 1 aliphatic carbocycles. The van der Waals surface area contributed by atoms with Crippen LogP contribution in [0, 0.1) is 5.82 Å². The van der Waals surface area contributed by atoms with Gasteiger partial charge in [-0.25, -0.2) is 4.39 Å².